The lowest BCUT2D eigenvalue weighted by Crippen LogP contribution is -2.17. The summed E-state index contributed by atoms with van der Waals surface area (Å²) < 4.78 is 19.3. The van der Waals surface area contributed by atoms with E-state index in [1.165, 1.54) is 12.1 Å². The molecule has 5 nitrogen and oxygen atoms in total. The van der Waals surface area contributed by atoms with Crippen LogP contribution in [0.25, 0.3) is 11.3 Å². The van der Waals surface area contributed by atoms with Crippen LogP contribution in [0.5, 0.6) is 5.75 Å². The molecule has 0 fully saturated rings. The van der Waals surface area contributed by atoms with Crippen molar-refractivity contribution >= 4 is 11.6 Å². The first kappa shape index (κ1) is 13.5. The number of carbonyl (C=O) groups is 1. The predicted octanol–water partition coefficient (Wildman–Crippen LogP) is 3.36. The van der Waals surface area contributed by atoms with Crippen molar-refractivity contribution in [3.05, 3.63) is 65.6 Å². The molecule has 0 aliphatic carbocycles. The number of nitrogens with zero attached hydrogens (tertiary/aromatic N) is 1. The molecule has 2 heterocycles. The van der Waals surface area contributed by atoms with Crippen LogP contribution in [-0.4, -0.2) is 16.1 Å². The second kappa shape index (κ2) is 5.24. The number of hydrogen-bond donors (Lipinski definition) is 2. The molecule has 0 spiro atoms. The van der Waals surface area contributed by atoms with E-state index in [0.717, 1.165) is 11.3 Å². The zero-order valence-electron chi connectivity index (χ0n) is 12.0. The average Bonchev–Trinajstić information content (AvgIpc) is 3.01. The number of ether oxygens (including phenoxy) is 1. The van der Waals surface area contributed by atoms with E-state index < -0.39 is 11.7 Å². The van der Waals surface area contributed by atoms with Gasteiger partial charge in [-0.05, 0) is 24.3 Å². The molecule has 1 aromatic heterocycles. The summed E-state index contributed by atoms with van der Waals surface area (Å²) in [5, 5.41) is 9.50. The number of nitrogens with one attached hydrogen (secondary N) is 2. The Morgan fingerprint density at radius 1 is 1.17 bits per heavy atom. The van der Waals surface area contributed by atoms with E-state index in [-0.39, 0.29) is 18.0 Å². The molecule has 0 radical (unpaired) electrons. The fraction of sp³-hybridized carbons (Fsp3) is 0.0588. The van der Waals surface area contributed by atoms with Gasteiger partial charge in [0.2, 0.25) is 0 Å². The average molecular weight is 309 g/mol. The molecule has 114 valence electrons. The Labute approximate surface area is 131 Å². The summed E-state index contributed by atoms with van der Waals surface area (Å²) in [5.41, 5.74) is 2.58. The highest BCUT2D eigenvalue weighted by Gasteiger charge is 2.26. The monoisotopic (exact) mass is 309 g/mol. The van der Waals surface area contributed by atoms with Crippen molar-refractivity contribution < 1.29 is 13.9 Å². The van der Waals surface area contributed by atoms with Crippen LogP contribution in [0.2, 0.25) is 0 Å². The number of hydrogen-bond acceptors (Lipinski definition) is 3. The van der Waals surface area contributed by atoms with Crippen molar-refractivity contribution in [2.75, 3.05) is 5.32 Å². The van der Waals surface area contributed by atoms with Crippen LogP contribution in [0.3, 0.4) is 0 Å². The smallest absolute Gasteiger partial charge is 0.274 e. The van der Waals surface area contributed by atoms with E-state index in [2.05, 4.69) is 15.5 Å². The van der Waals surface area contributed by atoms with Crippen LogP contribution in [0, 0.1) is 5.82 Å². The summed E-state index contributed by atoms with van der Waals surface area (Å²) in [4.78, 5) is 12.4. The molecule has 1 amide bonds. The van der Waals surface area contributed by atoms with Gasteiger partial charge in [0.05, 0.1) is 5.69 Å². The van der Waals surface area contributed by atoms with Crippen molar-refractivity contribution in [2.24, 2.45) is 0 Å². The van der Waals surface area contributed by atoms with Gasteiger partial charge in [0.25, 0.3) is 5.91 Å². The third-order valence-corrected chi connectivity index (χ3v) is 3.73. The molecule has 0 unspecified atom stereocenters. The van der Waals surface area contributed by atoms with Crippen LogP contribution >= 0.6 is 0 Å². The van der Waals surface area contributed by atoms with Gasteiger partial charge in [-0.1, -0.05) is 24.3 Å². The van der Waals surface area contributed by atoms with Crippen molar-refractivity contribution in [3.8, 4) is 17.0 Å². The lowest BCUT2D eigenvalue weighted by atomic mass is 10.0. The molecule has 2 N–H and O–H groups in total. The minimum atomic E-state index is -0.490. The molecule has 0 saturated carbocycles. The molecule has 3 aromatic rings. The van der Waals surface area contributed by atoms with Crippen LogP contribution in [-0.2, 0) is 6.61 Å². The highest BCUT2D eigenvalue weighted by Crippen LogP contribution is 2.37. The van der Waals surface area contributed by atoms with Gasteiger partial charge in [0.1, 0.15) is 29.6 Å². The van der Waals surface area contributed by atoms with Crippen molar-refractivity contribution in [2.45, 2.75) is 6.61 Å². The Morgan fingerprint density at radius 3 is 2.83 bits per heavy atom. The minimum absolute atomic E-state index is 0.123. The number of halogens is 1. The molecule has 23 heavy (non-hydrogen) atoms. The van der Waals surface area contributed by atoms with Gasteiger partial charge in [-0.25, -0.2) is 4.39 Å². The van der Waals surface area contributed by atoms with E-state index >= 15 is 0 Å². The van der Waals surface area contributed by atoms with E-state index in [1.807, 2.05) is 24.3 Å². The molecule has 0 atom stereocenters. The maximum Gasteiger partial charge on any atom is 0.274 e. The molecule has 2 aromatic carbocycles. The summed E-state index contributed by atoms with van der Waals surface area (Å²) in [6.07, 6.45) is 0. The van der Waals surface area contributed by atoms with E-state index in [9.17, 15) is 9.18 Å². The van der Waals surface area contributed by atoms with Crippen LogP contribution in [0.1, 0.15) is 16.1 Å². The zero-order chi connectivity index (χ0) is 15.8. The van der Waals surface area contributed by atoms with Crippen LogP contribution in [0.15, 0.2) is 48.5 Å². The molecular weight excluding hydrogens is 297 g/mol. The first-order chi connectivity index (χ1) is 11.2. The van der Waals surface area contributed by atoms with Gasteiger partial charge >= 0.3 is 0 Å². The molecule has 1 aliphatic rings. The normalized spacial score (nSPS) is 12.0. The number of aromatic amines is 1. The van der Waals surface area contributed by atoms with E-state index in [0.29, 0.717) is 11.3 Å². The largest absolute Gasteiger partial charge is 0.488 e. The Hall–Kier alpha value is -3.15. The lowest BCUT2D eigenvalue weighted by molar-refractivity contribution is 0.101. The SMILES string of the molecule is O=C(Nc1ccccc1F)c1[nH]nc2c1COc1ccccc1-2. The zero-order valence-corrected chi connectivity index (χ0v) is 12.0. The second-order valence-electron chi connectivity index (χ2n) is 5.14. The number of rotatable bonds is 2. The number of benzene rings is 2. The van der Waals surface area contributed by atoms with Gasteiger partial charge < -0.3 is 10.1 Å². The van der Waals surface area contributed by atoms with Gasteiger partial charge in [-0.3, -0.25) is 9.89 Å². The molecule has 1 aliphatic heterocycles. The van der Waals surface area contributed by atoms with Crippen molar-refractivity contribution in [1.29, 1.82) is 0 Å². The fourth-order valence-corrected chi connectivity index (χ4v) is 2.60. The third kappa shape index (κ3) is 2.24. The number of H-pyrrole nitrogens is 1. The van der Waals surface area contributed by atoms with Crippen molar-refractivity contribution in [3.63, 3.8) is 0 Å². The number of anilines is 1. The Kier molecular flexibility index (Phi) is 3.08. The minimum Gasteiger partial charge on any atom is -0.488 e. The van der Waals surface area contributed by atoms with Crippen LogP contribution < -0.4 is 10.1 Å². The Morgan fingerprint density at radius 2 is 1.96 bits per heavy atom. The standard InChI is InChI=1S/C17H12FN3O2/c18-12-6-2-3-7-13(12)19-17(22)16-11-9-23-14-8-4-1-5-10(14)15(11)20-21-16/h1-8H,9H2,(H,19,22)(H,20,21). The maximum absolute atomic E-state index is 13.7. The summed E-state index contributed by atoms with van der Waals surface area (Å²) >= 11 is 0. The van der Waals surface area contributed by atoms with Gasteiger partial charge in [0, 0.05) is 11.1 Å². The molecule has 4 rings (SSSR count). The highest BCUT2D eigenvalue weighted by atomic mass is 19.1. The molecule has 0 saturated heterocycles. The summed E-state index contributed by atoms with van der Waals surface area (Å²) in [5.74, 6) is -0.213. The number of carbonyl (C=O) groups excluding carboxylic acids is 1. The summed E-state index contributed by atoms with van der Waals surface area (Å²) in [6, 6.07) is 13.5. The van der Waals surface area contributed by atoms with Crippen molar-refractivity contribution in [1.82, 2.24) is 10.2 Å². The summed E-state index contributed by atoms with van der Waals surface area (Å²) in [7, 11) is 0. The first-order valence-corrected chi connectivity index (χ1v) is 7.09. The first-order valence-electron chi connectivity index (χ1n) is 7.09. The highest BCUT2D eigenvalue weighted by molar-refractivity contribution is 6.05. The van der Waals surface area contributed by atoms with E-state index in [1.54, 1.807) is 12.1 Å². The number of fused-ring (bicyclic) bond motifs is 3. The Bertz CT molecular complexity index is 904. The maximum atomic E-state index is 13.7. The Balaban J connectivity index is 1.69. The number of para-hydroxylation sites is 2. The number of amides is 1. The topological polar surface area (TPSA) is 67.0 Å². The quantitative estimate of drug-likeness (QED) is 0.763. The molecule has 0 bridgehead atoms. The third-order valence-electron chi connectivity index (χ3n) is 3.73. The predicted molar refractivity (Wildman–Crippen MR) is 82.7 cm³/mol. The lowest BCUT2D eigenvalue weighted by Gasteiger charge is -2.17. The fourth-order valence-electron chi connectivity index (χ4n) is 2.60. The van der Waals surface area contributed by atoms with Crippen LogP contribution in [0.4, 0.5) is 10.1 Å². The van der Waals surface area contributed by atoms with Gasteiger partial charge in [-0.15, -0.1) is 0 Å². The second-order valence-corrected chi connectivity index (χ2v) is 5.14. The van der Waals surface area contributed by atoms with Gasteiger partial charge in [-0.2, -0.15) is 5.10 Å². The molecular formula is C17H12FN3O2. The number of aromatic nitrogens is 2. The van der Waals surface area contributed by atoms with E-state index in [4.69, 9.17) is 4.74 Å². The van der Waals surface area contributed by atoms with Gasteiger partial charge in [0.15, 0.2) is 0 Å². The summed E-state index contributed by atoms with van der Waals surface area (Å²) in [6.45, 7) is 0.239. The molecule has 6 heteroatoms.